The molecule has 2 amide bonds. The number of ether oxygens (including phenoxy) is 1. The Balaban J connectivity index is 1.47. The van der Waals surface area contributed by atoms with Crippen molar-refractivity contribution in [2.24, 2.45) is 4.99 Å². The summed E-state index contributed by atoms with van der Waals surface area (Å²) < 4.78 is 5.72. The quantitative estimate of drug-likeness (QED) is 0.714. The molecule has 2 fully saturated rings. The molecule has 0 spiro atoms. The zero-order chi connectivity index (χ0) is 20.9. The highest BCUT2D eigenvalue weighted by Gasteiger charge is 2.40. The van der Waals surface area contributed by atoms with Gasteiger partial charge in [-0.1, -0.05) is 41.6 Å². The first kappa shape index (κ1) is 20.9. The fraction of sp³-hybridized carbons (Fsp3) is 0.318. The number of hydrogen-bond donors (Lipinski definition) is 1. The van der Waals surface area contributed by atoms with Gasteiger partial charge in [0.2, 0.25) is 11.8 Å². The molecule has 4 rings (SSSR count). The number of benzene rings is 2. The lowest BCUT2D eigenvalue weighted by Gasteiger charge is -2.20. The fourth-order valence-corrected chi connectivity index (χ4v) is 4.70. The van der Waals surface area contributed by atoms with Crippen molar-refractivity contribution >= 4 is 51.7 Å². The number of amides is 2. The number of nitrogens with zero attached hydrogens (tertiary/aromatic N) is 2. The molecular formula is C22H22ClN3O3S. The van der Waals surface area contributed by atoms with Crippen LogP contribution in [0.15, 0.2) is 59.6 Å². The van der Waals surface area contributed by atoms with Gasteiger partial charge in [-0.3, -0.25) is 14.5 Å². The average molecular weight is 444 g/mol. The van der Waals surface area contributed by atoms with Crippen molar-refractivity contribution in [1.82, 2.24) is 4.90 Å². The number of anilines is 1. The molecule has 2 atom stereocenters. The number of thioether (sulfide) groups is 1. The molecule has 30 heavy (non-hydrogen) atoms. The second-order valence-electron chi connectivity index (χ2n) is 7.18. The molecule has 6 nitrogen and oxygen atoms in total. The number of nitrogens with one attached hydrogen (secondary N) is 1. The molecule has 0 aromatic heterocycles. The number of halogens is 1. The monoisotopic (exact) mass is 443 g/mol. The maximum absolute atomic E-state index is 13.1. The fourth-order valence-electron chi connectivity index (χ4n) is 3.41. The predicted molar refractivity (Wildman–Crippen MR) is 120 cm³/mol. The van der Waals surface area contributed by atoms with Gasteiger partial charge in [0.05, 0.1) is 18.3 Å². The molecular weight excluding hydrogens is 422 g/mol. The number of carbonyl (C=O) groups excluding carboxylic acids is 2. The molecule has 0 bridgehead atoms. The normalized spacial score (nSPS) is 22.6. The zero-order valence-electron chi connectivity index (χ0n) is 16.3. The third-order valence-electron chi connectivity index (χ3n) is 4.91. The van der Waals surface area contributed by atoms with Crippen LogP contribution in [0.2, 0.25) is 5.02 Å². The summed E-state index contributed by atoms with van der Waals surface area (Å²) in [5.74, 6) is -0.322. The molecule has 0 unspecified atom stereocenters. The Morgan fingerprint density at radius 1 is 1.20 bits per heavy atom. The lowest BCUT2D eigenvalue weighted by Crippen LogP contribution is -2.38. The van der Waals surface area contributed by atoms with Crippen molar-refractivity contribution in [3.63, 3.8) is 0 Å². The van der Waals surface area contributed by atoms with Gasteiger partial charge in [0.15, 0.2) is 5.17 Å². The summed E-state index contributed by atoms with van der Waals surface area (Å²) in [6, 6.07) is 16.4. The van der Waals surface area contributed by atoms with Crippen LogP contribution in [0.3, 0.4) is 0 Å². The number of para-hydroxylation sites is 1. The smallest absolute Gasteiger partial charge is 0.242 e. The Labute approximate surface area is 184 Å². The van der Waals surface area contributed by atoms with Gasteiger partial charge in [0.25, 0.3) is 0 Å². The molecule has 0 aliphatic carbocycles. The predicted octanol–water partition coefficient (Wildman–Crippen LogP) is 4.48. The van der Waals surface area contributed by atoms with E-state index in [-0.39, 0.29) is 24.3 Å². The number of amidine groups is 1. The van der Waals surface area contributed by atoms with Crippen LogP contribution in [-0.4, -0.2) is 46.4 Å². The second kappa shape index (κ2) is 9.64. The average Bonchev–Trinajstić information content (AvgIpc) is 3.35. The third kappa shape index (κ3) is 5.22. The van der Waals surface area contributed by atoms with Crippen LogP contribution in [0.5, 0.6) is 0 Å². The molecule has 2 heterocycles. The summed E-state index contributed by atoms with van der Waals surface area (Å²) in [4.78, 5) is 32.0. The topological polar surface area (TPSA) is 71.0 Å². The zero-order valence-corrected chi connectivity index (χ0v) is 17.9. The Morgan fingerprint density at radius 3 is 2.67 bits per heavy atom. The highest BCUT2D eigenvalue weighted by molar-refractivity contribution is 8.15. The van der Waals surface area contributed by atoms with E-state index in [1.807, 2.05) is 30.3 Å². The molecule has 1 N–H and O–H groups in total. The van der Waals surface area contributed by atoms with Crippen molar-refractivity contribution in [3.05, 3.63) is 59.6 Å². The minimum absolute atomic E-state index is 0.0113. The van der Waals surface area contributed by atoms with Gasteiger partial charge in [-0.15, -0.1) is 0 Å². The maximum Gasteiger partial charge on any atom is 0.242 e. The van der Waals surface area contributed by atoms with E-state index in [9.17, 15) is 9.59 Å². The van der Waals surface area contributed by atoms with Gasteiger partial charge in [-0.05, 0) is 49.2 Å². The van der Waals surface area contributed by atoms with Gasteiger partial charge in [-0.25, -0.2) is 4.99 Å². The van der Waals surface area contributed by atoms with Crippen LogP contribution >= 0.6 is 23.4 Å². The molecule has 0 radical (unpaired) electrons. The molecule has 2 aliphatic heterocycles. The van der Waals surface area contributed by atoms with Crippen LogP contribution in [-0.2, 0) is 14.3 Å². The van der Waals surface area contributed by atoms with E-state index in [2.05, 4.69) is 10.3 Å². The van der Waals surface area contributed by atoms with Crippen molar-refractivity contribution in [2.75, 3.05) is 18.5 Å². The Hall–Kier alpha value is -2.35. The van der Waals surface area contributed by atoms with E-state index in [4.69, 9.17) is 16.3 Å². The van der Waals surface area contributed by atoms with Crippen LogP contribution in [0.25, 0.3) is 0 Å². The summed E-state index contributed by atoms with van der Waals surface area (Å²) in [5.41, 5.74) is 1.42. The van der Waals surface area contributed by atoms with Crippen LogP contribution in [0, 0.1) is 0 Å². The van der Waals surface area contributed by atoms with E-state index in [1.165, 1.54) is 11.8 Å². The van der Waals surface area contributed by atoms with Crippen molar-refractivity contribution in [3.8, 4) is 0 Å². The van der Waals surface area contributed by atoms with Gasteiger partial charge in [-0.2, -0.15) is 0 Å². The number of carbonyl (C=O) groups is 2. The lowest BCUT2D eigenvalue weighted by atomic mass is 10.2. The van der Waals surface area contributed by atoms with Crippen LogP contribution in [0.1, 0.15) is 19.3 Å². The van der Waals surface area contributed by atoms with E-state index in [0.717, 1.165) is 25.1 Å². The van der Waals surface area contributed by atoms with Crippen LogP contribution in [0.4, 0.5) is 11.4 Å². The van der Waals surface area contributed by atoms with E-state index in [1.54, 1.807) is 29.2 Å². The molecule has 2 aliphatic rings. The van der Waals surface area contributed by atoms with Crippen LogP contribution < -0.4 is 5.32 Å². The highest BCUT2D eigenvalue weighted by Crippen LogP contribution is 2.33. The molecule has 2 aromatic carbocycles. The van der Waals surface area contributed by atoms with Gasteiger partial charge < -0.3 is 10.1 Å². The van der Waals surface area contributed by atoms with Crippen molar-refractivity contribution in [1.29, 1.82) is 0 Å². The Morgan fingerprint density at radius 2 is 1.97 bits per heavy atom. The number of aliphatic imine (C=N–C) groups is 1. The molecule has 2 aromatic rings. The number of hydrogen-bond acceptors (Lipinski definition) is 5. The van der Waals surface area contributed by atoms with Gasteiger partial charge in [0, 0.05) is 23.7 Å². The molecule has 2 saturated heterocycles. The summed E-state index contributed by atoms with van der Waals surface area (Å²) in [5, 5.41) is 3.52. The largest absolute Gasteiger partial charge is 0.376 e. The van der Waals surface area contributed by atoms with E-state index >= 15 is 0 Å². The molecule has 8 heteroatoms. The van der Waals surface area contributed by atoms with Crippen molar-refractivity contribution in [2.45, 2.75) is 30.6 Å². The SMILES string of the molecule is O=C(C[C@@H]1SC(=Nc2ccccc2)N(C[C@@H]2CCCO2)C1=O)Nc1ccc(Cl)cc1. The minimum atomic E-state index is -0.513. The molecule has 156 valence electrons. The standard InChI is InChI=1S/C22H22ClN3O3S/c23-15-8-10-17(11-9-15)24-20(27)13-19-21(28)26(14-18-7-4-12-29-18)22(30-19)25-16-5-2-1-3-6-16/h1-3,5-6,8-11,18-19H,4,7,12-14H2,(H,24,27)/t18-,19-/m0/s1. The Bertz CT molecular complexity index is 930. The maximum atomic E-state index is 13.1. The first-order valence-electron chi connectivity index (χ1n) is 9.87. The molecule has 0 saturated carbocycles. The second-order valence-corrected chi connectivity index (χ2v) is 8.79. The minimum Gasteiger partial charge on any atom is -0.376 e. The summed E-state index contributed by atoms with van der Waals surface area (Å²) >= 11 is 7.22. The van der Waals surface area contributed by atoms with E-state index < -0.39 is 5.25 Å². The third-order valence-corrected chi connectivity index (χ3v) is 6.34. The van der Waals surface area contributed by atoms with Gasteiger partial charge in [0.1, 0.15) is 5.25 Å². The summed E-state index contributed by atoms with van der Waals surface area (Å²) in [6.45, 7) is 1.19. The lowest BCUT2D eigenvalue weighted by molar-refractivity contribution is -0.129. The first-order chi connectivity index (χ1) is 14.6. The van der Waals surface area contributed by atoms with Gasteiger partial charge >= 0.3 is 0 Å². The summed E-state index contributed by atoms with van der Waals surface area (Å²) in [7, 11) is 0. The van der Waals surface area contributed by atoms with Crippen molar-refractivity contribution < 1.29 is 14.3 Å². The first-order valence-corrected chi connectivity index (χ1v) is 11.1. The Kier molecular flexibility index (Phi) is 6.72. The highest BCUT2D eigenvalue weighted by atomic mass is 35.5. The van der Waals surface area contributed by atoms with E-state index in [0.29, 0.717) is 22.4 Å². The summed E-state index contributed by atoms with van der Waals surface area (Å²) in [6.07, 6.45) is 2.01. The number of rotatable bonds is 6.